The minimum atomic E-state index is -0.0976. The third-order valence-corrected chi connectivity index (χ3v) is 4.82. The van der Waals surface area contributed by atoms with Gasteiger partial charge in [-0.15, -0.1) is 0 Å². The first-order chi connectivity index (χ1) is 11.0. The molecular formula is C16H18N4O2S. The van der Waals surface area contributed by atoms with Gasteiger partial charge < -0.3 is 4.90 Å². The van der Waals surface area contributed by atoms with E-state index in [1.165, 1.54) is 15.5 Å². The number of likely N-dealkylation sites (N-methyl/N-ethyl adjacent to an activating group) is 1. The summed E-state index contributed by atoms with van der Waals surface area (Å²) in [6, 6.07) is 7.42. The summed E-state index contributed by atoms with van der Waals surface area (Å²) in [6.07, 6.45) is 4.49. The van der Waals surface area contributed by atoms with Crippen molar-refractivity contribution < 1.29 is 4.79 Å². The molecule has 0 saturated carbocycles. The number of fused-ring (bicyclic) bond motifs is 1. The second-order valence-electron chi connectivity index (χ2n) is 5.52. The molecule has 0 radical (unpaired) electrons. The standard InChI is InChI=1S/C16H18N4O2S/c1-18(8-7-12-9-17-19(2)10-12)15(21)11-20-16(22)13-5-3-4-6-14(13)23-20/h3-6,9-10H,7-8,11H2,1-2H3. The third kappa shape index (κ3) is 3.34. The van der Waals surface area contributed by atoms with Gasteiger partial charge >= 0.3 is 0 Å². The van der Waals surface area contributed by atoms with Crippen molar-refractivity contribution in [2.75, 3.05) is 13.6 Å². The first-order valence-corrected chi connectivity index (χ1v) is 8.12. The van der Waals surface area contributed by atoms with Gasteiger partial charge in [-0.3, -0.25) is 18.2 Å². The molecule has 0 saturated heterocycles. The van der Waals surface area contributed by atoms with Crippen LogP contribution in [-0.4, -0.2) is 38.1 Å². The maximum absolute atomic E-state index is 12.3. The fourth-order valence-electron chi connectivity index (χ4n) is 2.39. The topological polar surface area (TPSA) is 60.1 Å². The molecular weight excluding hydrogens is 312 g/mol. The van der Waals surface area contributed by atoms with Crippen LogP contribution >= 0.6 is 11.5 Å². The molecule has 0 aliphatic heterocycles. The van der Waals surface area contributed by atoms with Gasteiger partial charge in [0.2, 0.25) is 5.91 Å². The summed E-state index contributed by atoms with van der Waals surface area (Å²) < 4.78 is 4.17. The predicted octanol–water partition coefficient (Wildman–Crippen LogP) is 1.50. The number of carbonyl (C=O) groups is 1. The zero-order valence-corrected chi connectivity index (χ0v) is 13.9. The van der Waals surface area contributed by atoms with Crippen molar-refractivity contribution in [2.24, 2.45) is 7.05 Å². The lowest BCUT2D eigenvalue weighted by molar-refractivity contribution is -0.130. The minimum absolute atomic E-state index is 0.0671. The molecule has 3 rings (SSSR count). The molecule has 2 heterocycles. The van der Waals surface area contributed by atoms with E-state index < -0.39 is 0 Å². The van der Waals surface area contributed by atoms with E-state index in [2.05, 4.69) is 5.10 Å². The van der Waals surface area contributed by atoms with Gasteiger partial charge in [0, 0.05) is 26.8 Å². The van der Waals surface area contributed by atoms with Gasteiger partial charge in [0.15, 0.2) is 0 Å². The Morgan fingerprint density at radius 2 is 2.13 bits per heavy atom. The van der Waals surface area contributed by atoms with E-state index >= 15 is 0 Å². The zero-order chi connectivity index (χ0) is 16.4. The van der Waals surface area contributed by atoms with Crippen LogP contribution in [0, 0.1) is 0 Å². The van der Waals surface area contributed by atoms with Crippen LogP contribution in [0.5, 0.6) is 0 Å². The van der Waals surface area contributed by atoms with Crippen LogP contribution in [0.3, 0.4) is 0 Å². The molecule has 0 bridgehead atoms. The molecule has 0 unspecified atom stereocenters. The molecule has 3 aromatic rings. The number of hydrogen-bond acceptors (Lipinski definition) is 4. The van der Waals surface area contributed by atoms with Crippen molar-refractivity contribution in [3.8, 4) is 0 Å². The van der Waals surface area contributed by atoms with Crippen LogP contribution in [0.25, 0.3) is 10.1 Å². The monoisotopic (exact) mass is 330 g/mol. The number of aromatic nitrogens is 3. The number of hydrogen-bond donors (Lipinski definition) is 0. The highest BCUT2D eigenvalue weighted by Crippen LogP contribution is 2.15. The number of rotatable bonds is 5. The van der Waals surface area contributed by atoms with Crippen LogP contribution in [-0.2, 0) is 24.8 Å². The Morgan fingerprint density at radius 3 is 2.83 bits per heavy atom. The summed E-state index contributed by atoms with van der Waals surface area (Å²) in [4.78, 5) is 26.2. The Hall–Kier alpha value is -2.41. The van der Waals surface area contributed by atoms with Gasteiger partial charge in [0.05, 0.1) is 16.3 Å². The summed E-state index contributed by atoms with van der Waals surface area (Å²) in [6.45, 7) is 0.686. The lowest BCUT2D eigenvalue weighted by Gasteiger charge is -2.16. The molecule has 0 atom stereocenters. The van der Waals surface area contributed by atoms with Gasteiger partial charge in [0.1, 0.15) is 6.54 Å². The van der Waals surface area contributed by atoms with E-state index in [4.69, 9.17) is 0 Å². The molecule has 0 N–H and O–H groups in total. The average Bonchev–Trinajstić information content (AvgIpc) is 3.09. The van der Waals surface area contributed by atoms with E-state index in [0.29, 0.717) is 11.9 Å². The van der Waals surface area contributed by atoms with Crippen molar-refractivity contribution in [1.29, 1.82) is 0 Å². The Balaban J connectivity index is 1.65. The highest BCUT2D eigenvalue weighted by molar-refractivity contribution is 7.13. The highest BCUT2D eigenvalue weighted by Gasteiger charge is 2.14. The summed E-state index contributed by atoms with van der Waals surface area (Å²) in [5, 5.41) is 4.78. The fraction of sp³-hybridized carbons (Fsp3) is 0.312. The van der Waals surface area contributed by atoms with Gasteiger partial charge in [-0.2, -0.15) is 5.10 Å². The molecule has 6 nitrogen and oxygen atoms in total. The Kier molecular flexibility index (Phi) is 4.29. The molecule has 120 valence electrons. The lowest BCUT2D eigenvalue weighted by Crippen LogP contribution is -2.33. The number of nitrogens with zero attached hydrogens (tertiary/aromatic N) is 4. The first-order valence-electron chi connectivity index (χ1n) is 7.35. The van der Waals surface area contributed by atoms with Crippen LogP contribution < -0.4 is 5.56 Å². The quantitative estimate of drug-likeness (QED) is 0.712. The van der Waals surface area contributed by atoms with Crippen molar-refractivity contribution in [3.05, 3.63) is 52.6 Å². The van der Waals surface area contributed by atoms with E-state index in [1.54, 1.807) is 28.9 Å². The number of amides is 1. The summed E-state index contributed by atoms with van der Waals surface area (Å²) >= 11 is 1.33. The third-order valence-electron chi connectivity index (χ3n) is 3.75. The van der Waals surface area contributed by atoms with Crippen LogP contribution in [0.4, 0.5) is 0 Å². The van der Waals surface area contributed by atoms with Crippen molar-refractivity contribution in [1.82, 2.24) is 18.6 Å². The van der Waals surface area contributed by atoms with Crippen molar-refractivity contribution in [2.45, 2.75) is 13.0 Å². The number of aryl methyl sites for hydroxylation is 1. The van der Waals surface area contributed by atoms with E-state index in [9.17, 15) is 9.59 Å². The lowest BCUT2D eigenvalue weighted by atomic mass is 10.2. The number of carbonyl (C=O) groups excluding carboxylic acids is 1. The molecule has 1 aromatic carbocycles. The van der Waals surface area contributed by atoms with Crippen LogP contribution in [0.15, 0.2) is 41.5 Å². The van der Waals surface area contributed by atoms with E-state index in [1.807, 2.05) is 31.4 Å². The van der Waals surface area contributed by atoms with E-state index in [-0.39, 0.29) is 18.0 Å². The summed E-state index contributed by atoms with van der Waals surface area (Å²) in [5.74, 6) is -0.0671. The minimum Gasteiger partial charge on any atom is -0.344 e. The fourth-order valence-corrected chi connectivity index (χ4v) is 3.37. The second kappa shape index (κ2) is 6.37. The Bertz CT molecular complexity index is 893. The first kappa shape index (κ1) is 15.5. The van der Waals surface area contributed by atoms with Gasteiger partial charge in [-0.25, -0.2) is 0 Å². The molecule has 1 amide bonds. The van der Waals surface area contributed by atoms with Gasteiger partial charge in [-0.05, 0) is 24.1 Å². The SMILES string of the molecule is CN(CCc1cnn(C)c1)C(=O)Cn1sc2ccccc2c1=O. The molecule has 0 fully saturated rings. The van der Waals surface area contributed by atoms with Crippen molar-refractivity contribution >= 4 is 27.5 Å². The molecule has 2 aromatic heterocycles. The smallest absolute Gasteiger partial charge is 0.268 e. The molecule has 23 heavy (non-hydrogen) atoms. The van der Waals surface area contributed by atoms with Gasteiger partial charge in [-0.1, -0.05) is 23.7 Å². The van der Waals surface area contributed by atoms with Crippen LogP contribution in [0.2, 0.25) is 0 Å². The summed E-state index contributed by atoms with van der Waals surface area (Å²) in [5.41, 5.74) is 0.991. The second-order valence-corrected chi connectivity index (χ2v) is 6.58. The molecule has 0 aliphatic carbocycles. The number of benzene rings is 1. The largest absolute Gasteiger partial charge is 0.344 e. The normalized spacial score (nSPS) is 11.0. The molecule has 7 heteroatoms. The maximum atomic E-state index is 12.3. The zero-order valence-electron chi connectivity index (χ0n) is 13.1. The molecule has 0 aliphatic rings. The van der Waals surface area contributed by atoms with Crippen LogP contribution in [0.1, 0.15) is 5.56 Å². The maximum Gasteiger partial charge on any atom is 0.268 e. The van der Waals surface area contributed by atoms with Gasteiger partial charge in [0.25, 0.3) is 5.56 Å². The molecule has 0 spiro atoms. The predicted molar refractivity (Wildman–Crippen MR) is 90.6 cm³/mol. The Morgan fingerprint density at radius 1 is 1.35 bits per heavy atom. The van der Waals surface area contributed by atoms with E-state index in [0.717, 1.165) is 16.7 Å². The van der Waals surface area contributed by atoms with Crippen molar-refractivity contribution in [3.63, 3.8) is 0 Å². The highest BCUT2D eigenvalue weighted by atomic mass is 32.1. The average molecular weight is 330 g/mol. The summed E-state index contributed by atoms with van der Waals surface area (Å²) in [7, 11) is 3.63. The Labute approximate surface area is 137 Å².